The second-order valence-corrected chi connectivity index (χ2v) is 9.27. The summed E-state index contributed by atoms with van der Waals surface area (Å²) < 4.78 is 67.5. The van der Waals surface area contributed by atoms with Crippen molar-refractivity contribution < 1.29 is 26.7 Å². The molecule has 0 N–H and O–H groups in total. The van der Waals surface area contributed by atoms with E-state index in [2.05, 4.69) is 15.1 Å². The molecule has 192 valence electrons. The average molecular weight is 511 g/mol. The zero-order valence-corrected chi connectivity index (χ0v) is 19.2. The van der Waals surface area contributed by atoms with Crippen LogP contribution >= 0.6 is 0 Å². The second kappa shape index (κ2) is 8.52. The van der Waals surface area contributed by atoms with Gasteiger partial charge in [-0.1, -0.05) is 0 Å². The molecule has 5 heterocycles. The first-order chi connectivity index (χ1) is 17.0. The number of aromatic nitrogens is 5. The molecule has 0 bridgehead atoms. The zero-order chi connectivity index (χ0) is 25.8. The average Bonchev–Trinajstić information content (AvgIpc) is 3.36. The van der Waals surface area contributed by atoms with Crippen LogP contribution in [0.25, 0.3) is 11.0 Å². The molecule has 3 aromatic heterocycles. The Balaban J connectivity index is 1.36. The molecule has 0 aliphatic carbocycles. The van der Waals surface area contributed by atoms with Crippen molar-refractivity contribution in [2.75, 3.05) is 29.4 Å². The Morgan fingerprint density at radius 1 is 1.17 bits per heavy atom. The number of carbonyl (C=O) groups excluding carboxylic acids is 1. The van der Waals surface area contributed by atoms with Gasteiger partial charge in [0.05, 0.1) is 6.20 Å². The Labute approximate surface area is 201 Å². The standard InChI is InChI=1S/C22H22F5N7O2/c1-31-19(36)14-10-29-34(11-16(23)24)18(14)30-20(31)32-6-3-21(4-7-32)9-17(35)33(12-21)13-2-5-28-15(8-13)22(25,26)27/h2,5,8,10,16H,3-4,6-7,9,11-12H2,1H3. The fraction of sp³-hybridized carbons (Fsp3) is 0.500. The zero-order valence-electron chi connectivity index (χ0n) is 19.2. The van der Waals surface area contributed by atoms with Gasteiger partial charge in [-0.3, -0.25) is 19.1 Å². The number of nitrogens with zero attached hydrogens (tertiary/aromatic N) is 7. The van der Waals surface area contributed by atoms with Crippen LogP contribution in [0, 0.1) is 5.41 Å². The summed E-state index contributed by atoms with van der Waals surface area (Å²) >= 11 is 0. The molecule has 9 nitrogen and oxygen atoms in total. The SMILES string of the molecule is Cn1c(N2CCC3(CC2)CC(=O)N(c2ccnc(C(F)(F)F)c2)C3)nc2c(cnn2CC(F)F)c1=O. The largest absolute Gasteiger partial charge is 0.433 e. The van der Waals surface area contributed by atoms with E-state index < -0.39 is 35.8 Å². The second-order valence-electron chi connectivity index (χ2n) is 9.27. The van der Waals surface area contributed by atoms with Crippen molar-refractivity contribution in [3.05, 3.63) is 40.6 Å². The smallest absolute Gasteiger partial charge is 0.342 e. The minimum atomic E-state index is -4.61. The van der Waals surface area contributed by atoms with Crippen LogP contribution < -0.4 is 15.4 Å². The van der Waals surface area contributed by atoms with Crippen molar-refractivity contribution in [1.82, 2.24) is 24.3 Å². The Hall–Kier alpha value is -3.58. The van der Waals surface area contributed by atoms with E-state index in [4.69, 9.17) is 0 Å². The van der Waals surface area contributed by atoms with Crippen LogP contribution in [0.1, 0.15) is 25.0 Å². The van der Waals surface area contributed by atoms with E-state index in [1.807, 2.05) is 4.90 Å². The molecule has 0 aromatic carbocycles. The van der Waals surface area contributed by atoms with Gasteiger partial charge >= 0.3 is 6.18 Å². The fourth-order valence-corrected chi connectivity index (χ4v) is 5.03. The van der Waals surface area contributed by atoms with Gasteiger partial charge in [-0.2, -0.15) is 23.3 Å². The lowest BCUT2D eigenvalue weighted by Crippen LogP contribution is -2.44. The summed E-state index contributed by atoms with van der Waals surface area (Å²) in [6, 6.07) is 2.27. The number of hydrogen-bond donors (Lipinski definition) is 0. The van der Waals surface area contributed by atoms with Crippen LogP contribution in [0.15, 0.2) is 29.3 Å². The van der Waals surface area contributed by atoms with Gasteiger partial charge in [0.2, 0.25) is 11.9 Å². The minimum Gasteiger partial charge on any atom is -0.342 e. The maximum atomic E-state index is 13.1. The lowest BCUT2D eigenvalue weighted by molar-refractivity contribution is -0.141. The normalized spacial score (nSPS) is 18.2. The molecule has 0 saturated carbocycles. The van der Waals surface area contributed by atoms with Crippen LogP contribution in [0.2, 0.25) is 0 Å². The number of alkyl halides is 5. The number of hydrogen-bond acceptors (Lipinski definition) is 6. The Bertz CT molecular complexity index is 1380. The minimum absolute atomic E-state index is 0.0778. The van der Waals surface area contributed by atoms with E-state index in [9.17, 15) is 31.5 Å². The van der Waals surface area contributed by atoms with E-state index in [0.29, 0.717) is 31.9 Å². The quantitative estimate of drug-likeness (QED) is 0.501. The van der Waals surface area contributed by atoms with E-state index >= 15 is 0 Å². The topological polar surface area (TPSA) is 89.2 Å². The van der Waals surface area contributed by atoms with Crippen LogP contribution in [0.3, 0.4) is 0 Å². The lowest BCUT2D eigenvalue weighted by atomic mass is 9.77. The highest BCUT2D eigenvalue weighted by molar-refractivity contribution is 5.96. The Morgan fingerprint density at radius 2 is 1.89 bits per heavy atom. The molecule has 3 aromatic rings. The van der Waals surface area contributed by atoms with Crippen molar-refractivity contribution in [3.8, 4) is 0 Å². The summed E-state index contributed by atoms with van der Waals surface area (Å²) in [4.78, 5) is 36.6. The van der Waals surface area contributed by atoms with E-state index in [-0.39, 0.29) is 35.6 Å². The van der Waals surface area contributed by atoms with Gasteiger partial charge in [0.1, 0.15) is 17.6 Å². The van der Waals surface area contributed by atoms with Crippen molar-refractivity contribution >= 4 is 28.6 Å². The first-order valence-corrected chi connectivity index (χ1v) is 11.3. The van der Waals surface area contributed by atoms with Crippen molar-refractivity contribution in [3.63, 3.8) is 0 Å². The number of piperidine rings is 1. The number of fused-ring (bicyclic) bond motifs is 1. The molecule has 0 radical (unpaired) electrons. The number of rotatable bonds is 4. The van der Waals surface area contributed by atoms with E-state index in [0.717, 1.165) is 16.9 Å². The molecule has 5 rings (SSSR count). The highest BCUT2D eigenvalue weighted by Crippen LogP contribution is 2.43. The molecule has 2 fully saturated rings. The van der Waals surface area contributed by atoms with Crippen LogP contribution in [-0.2, 0) is 24.6 Å². The van der Waals surface area contributed by atoms with Gasteiger partial charge in [-0.05, 0) is 25.0 Å². The highest BCUT2D eigenvalue weighted by atomic mass is 19.4. The molecule has 1 amide bonds. The summed E-state index contributed by atoms with van der Waals surface area (Å²) in [7, 11) is 1.54. The highest BCUT2D eigenvalue weighted by Gasteiger charge is 2.46. The maximum absolute atomic E-state index is 13.1. The molecule has 1 spiro atoms. The maximum Gasteiger partial charge on any atom is 0.433 e. The summed E-state index contributed by atoms with van der Waals surface area (Å²) in [5.41, 5.74) is -1.67. The van der Waals surface area contributed by atoms with Gasteiger partial charge in [0, 0.05) is 50.4 Å². The monoisotopic (exact) mass is 511 g/mol. The summed E-state index contributed by atoms with van der Waals surface area (Å²) in [6.07, 6.45) is -3.74. The summed E-state index contributed by atoms with van der Waals surface area (Å²) in [5, 5.41) is 4.01. The first-order valence-electron chi connectivity index (χ1n) is 11.3. The molecule has 14 heteroatoms. The van der Waals surface area contributed by atoms with Crippen molar-refractivity contribution in [2.45, 2.75) is 38.4 Å². The van der Waals surface area contributed by atoms with Gasteiger partial charge < -0.3 is 9.80 Å². The van der Waals surface area contributed by atoms with Crippen LogP contribution in [-0.4, -0.2) is 56.3 Å². The van der Waals surface area contributed by atoms with Gasteiger partial charge in [0.15, 0.2) is 5.65 Å². The number of amides is 1. The van der Waals surface area contributed by atoms with Crippen molar-refractivity contribution in [1.29, 1.82) is 0 Å². The molecule has 0 unspecified atom stereocenters. The van der Waals surface area contributed by atoms with Gasteiger partial charge in [-0.25, -0.2) is 13.5 Å². The summed E-state index contributed by atoms with van der Waals surface area (Å²) in [6.45, 7) is 0.447. The molecule has 0 atom stereocenters. The third-order valence-electron chi connectivity index (χ3n) is 6.94. The number of pyridine rings is 1. The molecule has 2 aliphatic heterocycles. The van der Waals surface area contributed by atoms with Gasteiger partial charge in [0.25, 0.3) is 12.0 Å². The molecular formula is C22H22F5N7O2. The summed E-state index contributed by atoms with van der Waals surface area (Å²) in [5.74, 6) is 0.0501. The predicted octanol–water partition coefficient (Wildman–Crippen LogP) is 2.83. The number of carbonyl (C=O) groups is 1. The third-order valence-corrected chi connectivity index (χ3v) is 6.94. The molecule has 2 aliphatic rings. The molecular weight excluding hydrogens is 489 g/mol. The Morgan fingerprint density at radius 3 is 2.56 bits per heavy atom. The van der Waals surface area contributed by atoms with Crippen molar-refractivity contribution in [2.24, 2.45) is 12.5 Å². The van der Waals surface area contributed by atoms with Gasteiger partial charge in [-0.15, -0.1) is 0 Å². The first kappa shape index (κ1) is 24.1. The fourth-order valence-electron chi connectivity index (χ4n) is 5.03. The predicted molar refractivity (Wildman–Crippen MR) is 119 cm³/mol. The van der Waals surface area contributed by atoms with E-state index in [1.54, 1.807) is 7.05 Å². The van der Waals surface area contributed by atoms with E-state index in [1.165, 1.54) is 21.7 Å². The number of anilines is 2. The van der Waals surface area contributed by atoms with Crippen LogP contribution in [0.4, 0.5) is 33.6 Å². The lowest BCUT2D eigenvalue weighted by Gasteiger charge is -2.39. The Kier molecular flexibility index (Phi) is 5.71. The molecule has 2 saturated heterocycles. The van der Waals surface area contributed by atoms with Crippen LogP contribution in [0.5, 0.6) is 0 Å². The number of halogens is 5. The molecule has 36 heavy (non-hydrogen) atoms. The third kappa shape index (κ3) is 4.17.